The zero-order valence-corrected chi connectivity index (χ0v) is 16.6. The smallest absolute Gasteiger partial charge is 0.417 e. The molecule has 1 aromatic carbocycles. The normalized spacial score (nSPS) is 18.1. The number of benzene rings is 1. The SMILES string of the molecule is O=C(NC1(c2ccc(C(F)(F)F)c(Cl)c2)CCOc2cccnc21)c1ccc(=O)[nH]c1. The van der Waals surface area contributed by atoms with Crippen LogP contribution in [0, 0.1) is 0 Å². The minimum Gasteiger partial charge on any atom is -0.491 e. The van der Waals surface area contributed by atoms with Crippen molar-refractivity contribution in [2.45, 2.75) is 18.1 Å². The summed E-state index contributed by atoms with van der Waals surface area (Å²) < 4.78 is 45.3. The van der Waals surface area contributed by atoms with Crippen molar-refractivity contribution in [3.63, 3.8) is 0 Å². The average Bonchev–Trinajstić information content (AvgIpc) is 2.73. The molecule has 4 rings (SSSR count). The molecule has 0 aliphatic carbocycles. The molecular weight excluding hydrogens is 435 g/mol. The molecule has 0 radical (unpaired) electrons. The molecule has 6 nitrogen and oxygen atoms in total. The first kappa shape index (κ1) is 20.9. The predicted molar refractivity (Wildman–Crippen MR) is 106 cm³/mol. The Kier molecular flexibility index (Phi) is 5.22. The summed E-state index contributed by atoms with van der Waals surface area (Å²) in [5.74, 6) is -0.155. The van der Waals surface area contributed by atoms with Crippen LogP contribution in [0.4, 0.5) is 13.2 Å². The number of rotatable bonds is 3. The molecule has 1 unspecified atom stereocenters. The second kappa shape index (κ2) is 7.73. The molecule has 1 aliphatic rings. The fourth-order valence-electron chi connectivity index (χ4n) is 3.56. The summed E-state index contributed by atoms with van der Waals surface area (Å²) in [5, 5.41) is 2.39. The van der Waals surface area contributed by atoms with Crippen molar-refractivity contribution in [1.29, 1.82) is 0 Å². The molecule has 3 heterocycles. The van der Waals surface area contributed by atoms with Crippen LogP contribution in [0.1, 0.15) is 33.6 Å². The molecule has 0 spiro atoms. The lowest BCUT2D eigenvalue weighted by atomic mass is 9.80. The third-order valence-electron chi connectivity index (χ3n) is 5.05. The van der Waals surface area contributed by atoms with E-state index in [-0.39, 0.29) is 24.2 Å². The Labute approximate surface area is 179 Å². The monoisotopic (exact) mass is 449 g/mol. The number of carbonyl (C=O) groups excluding carboxylic acids is 1. The van der Waals surface area contributed by atoms with E-state index in [0.717, 1.165) is 6.07 Å². The largest absolute Gasteiger partial charge is 0.491 e. The summed E-state index contributed by atoms with van der Waals surface area (Å²) in [6.45, 7) is 0.184. The van der Waals surface area contributed by atoms with Gasteiger partial charge in [0, 0.05) is 24.9 Å². The maximum Gasteiger partial charge on any atom is 0.417 e. The zero-order valence-electron chi connectivity index (χ0n) is 15.8. The lowest BCUT2D eigenvalue weighted by Gasteiger charge is -2.39. The first-order valence-electron chi connectivity index (χ1n) is 9.17. The lowest BCUT2D eigenvalue weighted by molar-refractivity contribution is -0.137. The Morgan fingerprint density at radius 1 is 1.23 bits per heavy atom. The van der Waals surface area contributed by atoms with E-state index >= 15 is 0 Å². The highest BCUT2D eigenvalue weighted by atomic mass is 35.5. The van der Waals surface area contributed by atoms with E-state index in [2.05, 4.69) is 15.3 Å². The highest BCUT2D eigenvalue weighted by Gasteiger charge is 2.43. The second-order valence-corrected chi connectivity index (χ2v) is 7.35. The van der Waals surface area contributed by atoms with Gasteiger partial charge in [-0.05, 0) is 35.9 Å². The third-order valence-corrected chi connectivity index (χ3v) is 5.36. The van der Waals surface area contributed by atoms with Crippen LogP contribution in [0.15, 0.2) is 59.7 Å². The number of pyridine rings is 2. The van der Waals surface area contributed by atoms with Crippen molar-refractivity contribution in [2.75, 3.05) is 6.61 Å². The van der Waals surface area contributed by atoms with Crippen LogP contribution >= 0.6 is 11.6 Å². The molecule has 1 aliphatic heterocycles. The fourth-order valence-corrected chi connectivity index (χ4v) is 3.85. The standard InChI is InChI=1S/C21H15ClF3N3O3/c22-15-10-13(4-5-14(15)21(23,24)25)20(7-9-31-16-2-1-8-26-18(16)20)28-19(30)12-3-6-17(29)27-11-12/h1-6,8,10-11H,7,9H2,(H,27,29)(H,28,30). The van der Waals surface area contributed by atoms with Crippen molar-refractivity contribution in [2.24, 2.45) is 0 Å². The molecule has 0 saturated carbocycles. The van der Waals surface area contributed by atoms with Gasteiger partial charge in [-0.25, -0.2) is 0 Å². The molecule has 3 aromatic rings. The molecule has 2 N–H and O–H groups in total. The van der Waals surface area contributed by atoms with Gasteiger partial charge in [0.1, 0.15) is 17.0 Å². The highest BCUT2D eigenvalue weighted by Crippen LogP contribution is 2.43. The van der Waals surface area contributed by atoms with Crippen LogP contribution in [0.2, 0.25) is 5.02 Å². The number of nitrogens with zero attached hydrogens (tertiary/aromatic N) is 1. The zero-order chi connectivity index (χ0) is 22.2. The number of carbonyl (C=O) groups is 1. The van der Waals surface area contributed by atoms with Crippen LogP contribution in [0.5, 0.6) is 5.75 Å². The molecule has 10 heteroatoms. The topological polar surface area (TPSA) is 84.1 Å². The van der Waals surface area contributed by atoms with Gasteiger partial charge in [0.2, 0.25) is 5.56 Å². The number of aromatic amines is 1. The van der Waals surface area contributed by atoms with E-state index in [9.17, 15) is 22.8 Å². The molecule has 160 valence electrons. The first-order chi connectivity index (χ1) is 14.7. The Balaban J connectivity index is 1.85. The summed E-state index contributed by atoms with van der Waals surface area (Å²) in [4.78, 5) is 31.1. The molecule has 31 heavy (non-hydrogen) atoms. The summed E-state index contributed by atoms with van der Waals surface area (Å²) >= 11 is 5.97. The highest BCUT2D eigenvalue weighted by molar-refractivity contribution is 6.31. The van der Waals surface area contributed by atoms with Crippen molar-refractivity contribution in [3.05, 3.63) is 92.6 Å². The average molecular weight is 450 g/mol. The Hall–Kier alpha value is -3.33. The first-order valence-corrected chi connectivity index (χ1v) is 9.55. The fraction of sp³-hybridized carbons (Fsp3) is 0.190. The minimum atomic E-state index is -4.62. The minimum absolute atomic E-state index is 0.168. The number of halogens is 4. The molecule has 0 saturated heterocycles. The van der Waals surface area contributed by atoms with Crippen LogP contribution < -0.4 is 15.6 Å². The number of fused-ring (bicyclic) bond motifs is 1. The van der Waals surface area contributed by atoms with Crippen molar-refractivity contribution < 1.29 is 22.7 Å². The van der Waals surface area contributed by atoms with Gasteiger partial charge in [0.25, 0.3) is 5.91 Å². The number of ether oxygens (including phenoxy) is 1. The maximum atomic E-state index is 13.2. The molecule has 1 atom stereocenters. The Bertz CT molecular complexity index is 1190. The van der Waals surface area contributed by atoms with E-state index in [4.69, 9.17) is 16.3 Å². The summed E-state index contributed by atoms with van der Waals surface area (Å²) in [6, 6.07) is 9.19. The number of hydrogen-bond donors (Lipinski definition) is 2. The molecule has 0 fully saturated rings. The molecular formula is C21H15ClF3N3O3. The van der Waals surface area contributed by atoms with Crippen LogP contribution in [-0.2, 0) is 11.7 Å². The van der Waals surface area contributed by atoms with E-state index < -0.39 is 28.2 Å². The Morgan fingerprint density at radius 2 is 2.03 bits per heavy atom. The van der Waals surface area contributed by atoms with Gasteiger partial charge in [-0.3, -0.25) is 14.6 Å². The van der Waals surface area contributed by atoms with Crippen LogP contribution in [0.25, 0.3) is 0 Å². The predicted octanol–water partition coefficient (Wildman–Crippen LogP) is 3.90. The van der Waals surface area contributed by atoms with E-state index in [1.54, 1.807) is 12.1 Å². The lowest BCUT2D eigenvalue weighted by Crippen LogP contribution is -2.50. The number of amides is 1. The van der Waals surface area contributed by atoms with E-state index in [1.807, 2.05) is 0 Å². The van der Waals surface area contributed by atoms with Gasteiger partial charge < -0.3 is 15.0 Å². The summed E-state index contributed by atoms with van der Waals surface area (Å²) in [5.41, 5.74) is -1.81. The number of hydrogen-bond acceptors (Lipinski definition) is 4. The van der Waals surface area contributed by atoms with Gasteiger partial charge in [0.05, 0.1) is 22.8 Å². The van der Waals surface area contributed by atoms with Crippen molar-refractivity contribution in [1.82, 2.24) is 15.3 Å². The second-order valence-electron chi connectivity index (χ2n) is 6.94. The summed E-state index contributed by atoms with van der Waals surface area (Å²) in [6.07, 6.45) is -1.66. The molecule has 0 bridgehead atoms. The van der Waals surface area contributed by atoms with Crippen LogP contribution in [0.3, 0.4) is 0 Å². The number of aromatic nitrogens is 2. The Morgan fingerprint density at radius 3 is 2.71 bits per heavy atom. The molecule has 1 amide bonds. The van der Waals surface area contributed by atoms with E-state index in [0.29, 0.717) is 17.0 Å². The van der Waals surface area contributed by atoms with Crippen LogP contribution in [-0.4, -0.2) is 22.5 Å². The number of alkyl halides is 3. The number of H-pyrrole nitrogens is 1. The van der Waals surface area contributed by atoms with Gasteiger partial charge in [-0.2, -0.15) is 13.2 Å². The molecule has 2 aromatic heterocycles. The quantitative estimate of drug-likeness (QED) is 0.635. The van der Waals surface area contributed by atoms with Gasteiger partial charge in [-0.1, -0.05) is 17.7 Å². The van der Waals surface area contributed by atoms with Crippen molar-refractivity contribution in [3.8, 4) is 5.75 Å². The third kappa shape index (κ3) is 3.88. The summed E-state index contributed by atoms with van der Waals surface area (Å²) in [7, 11) is 0. The van der Waals surface area contributed by atoms with Gasteiger partial charge in [-0.15, -0.1) is 0 Å². The number of nitrogens with one attached hydrogen (secondary N) is 2. The van der Waals surface area contributed by atoms with Gasteiger partial charge >= 0.3 is 6.18 Å². The van der Waals surface area contributed by atoms with Gasteiger partial charge in [0.15, 0.2) is 0 Å². The van der Waals surface area contributed by atoms with E-state index in [1.165, 1.54) is 36.7 Å². The maximum absolute atomic E-state index is 13.2. The van der Waals surface area contributed by atoms with Crippen molar-refractivity contribution >= 4 is 17.5 Å².